The van der Waals surface area contributed by atoms with Crippen LogP contribution in [0.3, 0.4) is 0 Å². The molecule has 0 spiro atoms. The fraction of sp³-hybridized carbons (Fsp3) is 0.0377. The van der Waals surface area contributed by atoms with Gasteiger partial charge in [-0.1, -0.05) is 152 Å². The Morgan fingerprint density at radius 1 is 0.333 bits per heavy atom. The molecule has 0 fully saturated rings. The van der Waals surface area contributed by atoms with Crippen LogP contribution in [0.2, 0.25) is 0 Å². The van der Waals surface area contributed by atoms with Crippen LogP contribution in [0.5, 0.6) is 0 Å². The summed E-state index contributed by atoms with van der Waals surface area (Å²) in [6, 6.07) is 68.6. The van der Waals surface area contributed by atoms with Crippen molar-refractivity contribution in [3.8, 4) is 73.2 Å². The van der Waals surface area contributed by atoms with Gasteiger partial charge in [0, 0.05) is 33.2 Å². The Kier molecular flexibility index (Phi) is 8.57. The summed E-state index contributed by atoms with van der Waals surface area (Å²) in [5.41, 5.74) is 15.7. The van der Waals surface area contributed by atoms with Crippen molar-refractivity contribution in [2.24, 2.45) is 0 Å². The van der Waals surface area contributed by atoms with E-state index in [0.717, 1.165) is 50.2 Å². The van der Waals surface area contributed by atoms with Gasteiger partial charge < -0.3 is 4.57 Å². The first-order valence-electron chi connectivity index (χ1n) is 19.4. The zero-order valence-corrected chi connectivity index (χ0v) is 31.8. The Bertz CT molecular complexity index is 3020. The first kappa shape index (κ1) is 34.1. The predicted molar refractivity (Wildman–Crippen MR) is 236 cm³/mol. The SMILES string of the molecule is Cc1ccc(-c2cccc(-c3ccc4c(c3)c3ccccc3n4-c3ccccc3)c2)cc1-c1c(C)cccc1-c1nc(-c2ccccc2)nc(-c2ccccc2)n1. The minimum absolute atomic E-state index is 0.650. The lowest BCUT2D eigenvalue weighted by Crippen LogP contribution is -2.02. The maximum atomic E-state index is 5.12. The van der Waals surface area contributed by atoms with Crippen LogP contribution in [-0.4, -0.2) is 19.5 Å². The molecule has 0 aliphatic heterocycles. The molecule has 0 unspecified atom stereocenters. The molecule has 10 rings (SSSR count). The number of rotatable bonds is 7. The summed E-state index contributed by atoms with van der Waals surface area (Å²) in [5, 5.41) is 2.49. The number of aromatic nitrogens is 4. The van der Waals surface area contributed by atoms with E-state index in [9.17, 15) is 0 Å². The van der Waals surface area contributed by atoms with Crippen LogP contribution >= 0.6 is 0 Å². The Morgan fingerprint density at radius 2 is 0.860 bits per heavy atom. The van der Waals surface area contributed by atoms with Gasteiger partial charge in [-0.15, -0.1) is 0 Å². The Hall–Kier alpha value is -7.43. The Balaban J connectivity index is 1.08. The van der Waals surface area contributed by atoms with Crippen molar-refractivity contribution in [1.29, 1.82) is 0 Å². The summed E-state index contributed by atoms with van der Waals surface area (Å²) in [5.74, 6) is 1.95. The highest BCUT2D eigenvalue weighted by Crippen LogP contribution is 2.40. The van der Waals surface area contributed by atoms with Crippen LogP contribution in [0.15, 0.2) is 194 Å². The largest absolute Gasteiger partial charge is 0.309 e. The number of nitrogens with zero attached hydrogens (tertiary/aromatic N) is 4. The second kappa shape index (κ2) is 14.3. The highest BCUT2D eigenvalue weighted by molar-refractivity contribution is 6.10. The predicted octanol–water partition coefficient (Wildman–Crippen LogP) is 13.6. The van der Waals surface area contributed by atoms with Gasteiger partial charge in [-0.25, -0.2) is 15.0 Å². The molecular formula is C53H38N4. The van der Waals surface area contributed by atoms with E-state index in [1.807, 2.05) is 60.7 Å². The minimum Gasteiger partial charge on any atom is -0.309 e. The van der Waals surface area contributed by atoms with E-state index in [-0.39, 0.29) is 0 Å². The quantitative estimate of drug-likeness (QED) is 0.164. The number of hydrogen-bond acceptors (Lipinski definition) is 3. The molecule has 57 heavy (non-hydrogen) atoms. The van der Waals surface area contributed by atoms with Crippen LogP contribution < -0.4 is 0 Å². The van der Waals surface area contributed by atoms with Gasteiger partial charge in [-0.3, -0.25) is 0 Å². The monoisotopic (exact) mass is 730 g/mol. The van der Waals surface area contributed by atoms with Crippen LogP contribution in [-0.2, 0) is 0 Å². The zero-order valence-electron chi connectivity index (χ0n) is 31.8. The Morgan fingerprint density at radius 3 is 1.56 bits per heavy atom. The van der Waals surface area contributed by atoms with Gasteiger partial charge in [0.05, 0.1) is 11.0 Å². The molecule has 0 saturated carbocycles. The molecule has 4 nitrogen and oxygen atoms in total. The normalized spacial score (nSPS) is 11.3. The molecule has 0 saturated heterocycles. The maximum absolute atomic E-state index is 5.12. The molecule has 0 amide bonds. The summed E-state index contributed by atoms with van der Waals surface area (Å²) >= 11 is 0. The molecule has 0 aliphatic rings. The van der Waals surface area contributed by atoms with Gasteiger partial charge in [0.1, 0.15) is 0 Å². The molecule has 10 aromatic rings. The second-order valence-corrected chi connectivity index (χ2v) is 14.6. The molecule has 2 heterocycles. The van der Waals surface area contributed by atoms with Crippen molar-refractivity contribution in [1.82, 2.24) is 19.5 Å². The van der Waals surface area contributed by atoms with Crippen molar-refractivity contribution >= 4 is 21.8 Å². The van der Waals surface area contributed by atoms with Crippen LogP contribution in [0.25, 0.3) is 95.0 Å². The van der Waals surface area contributed by atoms with Gasteiger partial charge in [0.15, 0.2) is 17.5 Å². The zero-order chi connectivity index (χ0) is 38.3. The lowest BCUT2D eigenvalue weighted by Gasteiger charge is -2.17. The summed E-state index contributed by atoms with van der Waals surface area (Å²) < 4.78 is 2.36. The van der Waals surface area contributed by atoms with E-state index >= 15 is 0 Å². The molecule has 0 bridgehead atoms. The van der Waals surface area contributed by atoms with Crippen molar-refractivity contribution in [2.75, 3.05) is 0 Å². The van der Waals surface area contributed by atoms with E-state index in [1.165, 1.54) is 38.5 Å². The van der Waals surface area contributed by atoms with Gasteiger partial charge in [0.2, 0.25) is 0 Å². The van der Waals surface area contributed by atoms with Gasteiger partial charge in [0.25, 0.3) is 0 Å². The number of benzene rings is 8. The summed E-state index contributed by atoms with van der Waals surface area (Å²) in [4.78, 5) is 15.2. The smallest absolute Gasteiger partial charge is 0.164 e. The number of fused-ring (bicyclic) bond motifs is 3. The molecule has 0 N–H and O–H groups in total. The highest BCUT2D eigenvalue weighted by Gasteiger charge is 2.19. The third-order valence-corrected chi connectivity index (χ3v) is 10.9. The molecule has 0 radical (unpaired) electrons. The third-order valence-electron chi connectivity index (χ3n) is 10.9. The summed E-state index contributed by atoms with van der Waals surface area (Å²) in [6.45, 7) is 4.36. The third kappa shape index (κ3) is 6.27. The van der Waals surface area contributed by atoms with E-state index in [1.54, 1.807) is 0 Å². The summed E-state index contributed by atoms with van der Waals surface area (Å²) in [7, 11) is 0. The van der Waals surface area contributed by atoms with Gasteiger partial charge in [-0.2, -0.15) is 0 Å². The van der Waals surface area contributed by atoms with E-state index < -0.39 is 0 Å². The fourth-order valence-corrected chi connectivity index (χ4v) is 8.10. The standard InChI is InChI=1S/C53H38N4/c1-35-28-29-41(39-21-15-22-40(32-39)42-30-31-49-47(34-42)44-25-12-13-27-48(44)57(49)43-23-10-5-11-24-43)33-46(35)50-36(2)16-14-26-45(50)53-55-51(37-17-6-3-7-18-37)54-52(56-53)38-19-8-4-9-20-38/h3-34H,1-2H3. The molecule has 270 valence electrons. The Labute approximate surface area is 332 Å². The van der Waals surface area contributed by atoms with Gasteiger partial charge in [-0.05, 0) is 101 Å². The summed E-state index contributed by atoms with van der Waals surface area (Å²) in [6.07, 6.45) is 0. The molecule has 0 atom stereocenters. The lowest BCUT2D eigenvalue weighted by molar-refractivity contribution is 1.07. The van der Waals surface area contributed by atoms with Crippen LogP contribution in [0.1, 0.15) is 11.1 Å². The number of aryl methyl sites for hydroxylation is 2. The number of hydrogen-bond donors (Lipinski definition) is 0. The average Bonchev–Trinajstić information content (AvgIpc) is 3.61. The van der Waals surface area contributed by atoms with Gasteiger partial charge >= 0.3 is 0 Å². The van der Waals surface area contributed by atoms with Crippen molar-refractivity contribution in [2.45, 2.75) is 13.8 Å². The minimum atomic E-state index is 0.650. The molecular weight excluding hydrogens is 693 g/mol. The van der Waals surface area contributed by atoms with E-state index in [2.05, 4.69) is 152 Å². The van der Waals surface area contributed by atoms with Crippen molar-refractivity contribution in [3.63, 3.8) is 0 Å². The van der Waals surface area contributed by atoms with Crippen molar-refractivity contribution in [3.05, 3.63) is 205 Å². The van der Waals surface area contributed by atoms with E-state index in [4.69, 9.17) is 15.0 Å². The number of para-hydroxylation sites is 2. The molecule has 8 aromatic carbocycles. The van der Waals surface area contributed by atoms with Crippen LogP contribution in [0, 0.1) is 13.8 Å². The maximum Gasteiger partial charge on any atom is 0.164 e. The fourth-order valence-electron chi connectivity index (χ4n) is 8.10. The molecule has 4 heteroatoms. The average molecular weight is 731 g/mol. The van der Waals surface area contributed by atoms with Crippen molar-refractivity contribution < 1.29 is 0 Å². The molecule has 2 aromatic heterocycles. The topological polar surface area (TPSA) is 43.6 Å². The lowest BCUT2D eigenvalue weighted by atomic mass is 9.89. The highest BCUT2D eigenvalue weighted by atomic mass is 15.0. The first-order valence-corrected chi connectivity index (χ1v) is 19.4. The second-order valence-electron chi connectivity index (χ2n) is 14.6. The first-order chi connectivity index (χ1) is 28.1. The molecule has 0 aliphatic carbocycles. The van der Waals surface area contributed by atoms with E-state index in [0.29, 0.717) is 17.5 Å². The van der Waals surface area contributed by atoms with Crippen LogP contribution in [0.4, 0.5) is 0 Å².